The van der Waals surface area contributed by atoms with Crippen LogP contribution in [0.25, 0.3) is 0 Å². The summed E-state index contributed by atoms with van der Waals surface area (Å²) in [5.41, 5.74) is 2.02. The summed E-state index contributed by atoms with van der Waals surface area (Å²) in [6, 6.07) is 7.05. The second kappa shape index (κ2) is 5.03. The molecule has 0 saturated heterocycles. The Hall–Kier alpha value is -1.79. The molecular weight excluding hydrogens is 238 g/mol. The van der Waals surface area contributed by atoms with E-state index in [4.69, 9.17) is 5.11 Å². The summed E-state index contributed by atoms with van der Waals surface area (Å²) in [6.07, 6.45) is 0. The van der Waals surface area contributed by atoms with Crippen molar-refractivity contribution in [2.45, 2.75) is 13.5 Å². The number of carbonyl (C=O) groups is 1. The number of carbonyl (C=O) groups excluding carboxylic acids is 1. The smallest absolute Gasteiger partial charge is 0.269 e. The Labute approximate surface area is 102 Å². The fourth-order valence-electron chi connectivity index (χ4n) is 1.37. The first kappa shape index (κ1) is 11.7. The summed E-state index contributed by atoms with van der Waals surface area (Å²) in [5.74, 6) is -0.229. The molecule has 0 aliphatic rings. The van der Waals surface area contributed by atoms with Gasteiger partial charge in [-0.25, -0.2) is 0 Å². The first-order valence-corrected chi connectivity index (χ1v) is 5.78. The number of benzene rings is 1. The number of amides is 1. The van der Waals surface area contributed by atoms with E-state index in [0.717, 1.165) is 17.1 Å². The molecule has 5 nitrogen and oxygen atoms in total. The summed E-state index contributed by atoms with van der Waals surface area (Å²) in [7, 11) is 0. The van der Waals surface area contributed by atoms with Crippen LogP contribution >= 0.6 is 11.5 Å². The topological polar surface area (TPSA) is 75.1 Å². The predicted octanol–water partition coefficient (Wildman–Crippen LogP) is 1.59. The Morgan fingerprint density at radius 2 is 2.35 bits per heavy atom. The normalized spacial score (nSPS) is 10.2. The first-order valence-electron chi connectivity index (χ1n) is 5.01. The van der Waals surface area contributed by atoms with Crippen LogP contribution in [0.3, 0.4) is 0 Å². The molecule has 0 atom stereocenters. The molecule has 0 bridgehead atoms. The third-order valence-electron chi connectivity index (χ3n) is 2.23. The van der Waals surface area contributed by atoms with Gasteiger partial charge in [-0.3, -0.25) is 4.79 Å². The molecule has 2 aromatic rings. The molecule has 0 fully saturated rings. The lowest BCUT2D eigenvalue weighted by molar-refractivity contribution is 0.103. The van der Waals surface area contributed by atoms with Gasteiger partial charge in [0.2, 0.25) is 0 Å². The van der Waals surface area contributed by atoms with Crippen molar-refractivity contribution in [3.8, 4) is 0 Å². The Bertz CT molecular complexity index is 539. The van der Waals surface area contributed by atoms with Crippen molar-refractivity contribution in [3.63, 3.8) is 0 Å². The van der Waals surface area contributed by atoms with Crippen LogP contribution in [0, 0.1) is 6.92 Å². The quantitative estimate of drug-likeness (QED) is 0.866. The van der Waals surface area contributed by atoms with Gasteiger partial charge in [-0.1, -0.05) is 16.6 Å². The van der Waals surface area contributed by atoms with Gasteiger partial charge < -0.3 is 10.4 Å². The second-order valence-electron chi connectivity index (χ2n) is 3.50. The van der Waals surface area contributed by atoms with Gasteiger partial charge in [0.1, 0.15) is 4.88 Å². The number of hydrogen-bond donors (Lipinski definition) is 2. The van der Waals surface area contributed by atoms with E-state index in [9.17, 15) is 4.79 Å². The minimum atomic E-state index is -0.229. The Morgan fingerprint density at radius 1 is 1.53 bits per heavy atom. The van der Waals surface area contributed by atoms with E-state index in [0.29, 0.717) is 16.3 Å². The van der Waals surface area contributed by atoms with Crippen LogP contribution in [0.2, 0.25) is 0 Å². The Balaban J connectivity index is 2.16. The average Bonchev–Trinajstić information content (AvgIpc) is 2.76. The largest absolute Gasteiger partial charge is 0.392 e. The fourth-order valence-corrected chi connectivity index (χ4v) is 1.93. The summed E-state index contributed by atoms with van der Waals surface area (Å²) < 4.78 is 3.71. The van der Waals surface area contributed by atoms with Crippen molar-refractivity contribution < 1.29 is 9.90 Å². The Morgan fingerprint density at radius 3 is 3.00 bits per heavy atom. The van der Waals surface area contributed by atoms with Crippen LogP contribution in [-0.4, -0.2) is 20.6 Å². The molecule has 0 saturated carbocycles. The monoisotopic (exact) mass is 249 g/mol. The molecule has 0 aliphatic heterocycles. The van der Waals surface area contributed by atoms with Crippen LogP contribution in [0.4, 0.5) is 5.69 Å². The lowest BCUT2D eigenvalue weighted by Crippen LogP contribution is -2.11. The van der Waals surface area contributed by atoms with E-state index in [2.05, 4.69) is 14.9 Å². The molecule has 2 N–H and O–H groups in total. The SMILES string of the molecule is Cc1nnsc1C(=O)Nc1cccc(CO)c1. The van der Waals surface area contributed by atoms with Gasteiger partial charge in [0, 0.05) is 5.69 Å². The van der Waals surface area contributed by atoms with Gasteiger partial charge in [-0.15, -0.1) is 5.10 Å². The highest BCUT2D eigenvalue weighted by molar-refractivity contribution is 7.08. The molecule has 17 heavy (non-hydrogen) atoms. The van der Waals surface area contributed by atoms with E-state index in [-0.39, 0.29) is 12.5 Å². The number of hydrogen-bond acceptors (Lipinski definition) is 5. The molecule has 1 aromatic heterocycles. The first-order chi connectivity index (χ1) is 8.20. The summed E-state index contributed by atoms with van der Waals surface area (Å²) in [4.78, 5) is 12.4. The van der Waals surface area contributed by atoms with E-state index in [1.807, 2.05) is 0 Å². The fraction of sp³-hybridized carbons (Fsp3) is 0.182. The van der Waals surface area contributed by atoms with Crippen molar-refractivity contribution in [1.82, 2.24) is 9.59 Å². The average molecular weight is 249 g/mol. The van der Waals surface area contributed by atoms with Gasteiger partial charge in [-0.2, -0.15) is 0 Å². The minimum absolute atomic E-state index is 0.0507. The van der Waals surface area contributed by atoms with Crippen LogP contribution < -0.4 is 5.32 Å². The standard InChI is InChI=1S/C11H11N3O2S/c1-7-10(17-14-13-7)11(16)12-9-4-2-3-8(5-9)6-15/h2-5,15H,6H2,1H3,(H,12,16). The van der Waals surface area contributed by atoms with Gasteiger partial charge in [0.25, 0.3) is 5.91 Å². The maximum absolute atomic E-state index is 11.9. The number of nitrogens with zero attached hydrogens (tertiary/aromatic N) is 2. The molecule has 2 rings (SSSR count). The van der Waals surface area contributed by atoms with Gasteiger partial charge in [0.05, 0.1) is 12.3 Å². The third kappa shape index (κ3) is 2.66. The van der Waals surface area contributed by atoms with Crippen LogP contribution in [0.15, 0.2) is 24.3 Å². The van der Waals surface area contributed by atoms with Crippen molar-refractivity contribution >= 4 is 23.1 Å². The highest BCUT2D eigenvalue weighted by Gasteiger charge is 2.13. The number of aryl methyl sites for hydroxylation is 1. The number of aliphatic hydroxyl groups is 1. The second-order valence-corrected chi connectivity index (χ2v) is 4.25. The third-order valence-corrected chi connectivity index (χ3v) is 3.05. The highest BCUT2D eigenvalue weighted by Crippen LogP contribution is 2.15. The number of anilines is 1. The lowest BCUT2D eigenvalue weighted by Gasteiger charge is -2.04. The number of aliphatic hydroxyl groups excluding tert-OH is 1. The molecule has 88 valence electrons. The maximum atomic E-state index is 11.9. The van der Waals surface area contributed by atoms with Crippen molar-refractivity contribution in [2.24, 2.45) is 0 Å². The lowest BCUT2D eigenvalue weighted by atomic mass is 10.2. The van der Waals surface area contributed by atoms with E-state index < -0.39 is 0 Å². The zero-order valence-electron chi connectivity index (χ0n) is 9.17. The number of rotatable bonds is 3. The summed E-state index contributed by atoms with van der Waals surface area (Å²) in [6.45, 7) is 1.69. The van der Waals surface area contributed by atoms with Crippen LogP contribution in [0.1, 0.15) is 20.9 Å². The van der Waals surface area contributed by atoms with Crippen molar-refractivity contribution in [2.75, 3.05) is 5.32 Å². The van der Waals surface area contributed by atoms with Crippen LogP contribution in [-0.2, 0) is 6.61 Å². The molecule has 0 aliphatic carbocycles. The van der Waals surface area contributed by atoms with Gasteiger partial charge in [-0.05, 0) is 36.2 Å². The molecular formula is C11H11N3O2S. The molecule has 0 radical (unpaired) electrons. The minimum Gasteiger partial charge on any atom is -0.392 e. The zero-order chi connectivity index (χ0) is 12.3. The predicted molar refractivity (Wildman–Crippen MR) is 65.0 cm³/mol. The van der Waals surface area contributed by atoms with Gasteiger partial charge in [0.15, 0.2) is 0 Å². The number of nitrogens with one attached hydrogen (secondary N) is 1. The van der Waals surface area contributed by atoms with E-state index >= 15 is 0 Å². The van der Waals surface area contributed by atoms with E-state index in [1.165, 1.54) is 0 Å². The number of aromatic nitrogens is 2. The molecule has 0 unspecified atom stereocenters. The van der Waals surface area contributed by atoms with Crippen molar-refractivity contribution in [3.05, 3.63) is 40.4 Å². The molecule has 1 heterocycles. The molecule has 1 amide bonds. The highest BCUT2D eigenvalue weighted by atomic mass is 32.1. The maximum Gasteiger partial charge on any atom is 0.269 e. The molecule has 6 heteroatoms. The van der Waals surface area contributed by atoms with Crippen LogP contribution in [0.5, 0.6) is 0 Å². The van der Waals surface area contributed by atoms with E-state index in [1.54, 1.807) is 31.2 Å². The Kier molecular flexibility index (Phi) is 3.46. The van der Waals surface area contributed by atoms with Crippen molar-refractivity contribution in [1.29, 1.82) is 0 Å². The molecule has 1 aromatic carbocycles. The summed E-state index contributed by atoms with van der Waals surface area (Å²) >= 11 is 1.06. The summed E-state index contributed by atoms with van der Waals surface area (Å²) in [5, 5.41) is 15.5. The zero-order valence-corrected chi connectivity index (χ0v) is 9.99. The van der Waals surface area contributed by atoms with Gasteiger partial charge >= 0.3 is 0 Å². The molecule has 0 spiro atoms.